The fraction of sp³-hybridized carbons (Fsp3) is 0.400. The van der Waals surface area contributed by atoms with Crippen molar-refractivity contribution in [2.75, 3.05) is 25.0 Å². The van der Waals surface area contributed by atoms with Crippen LogP contribution >= 0.6 is 47.1 Å². The van der Waals surface area contributed by atoms with Crippen molar-refractivity contribution in [2.24, 2.45) is 11.8 Å². The highest BCUT2D eigenvalue weighted by Gasteiger charge is 2.43. The fourth-order valence-electron chi connectivity index (χ4n) is 9.34. The standard InChI is InChI=1S/C50H59ClN4S3/c1-4-36-17-10-6-7-15-23-43(56-46-27-25-40(51)30-39(46)29-36)33-48-55(5-2)45-32-42(26-28-47(45)57-48)53-58-44-24-16-22-41(31-44)52-50(3)34-54(35-50)49(37-18-11-8-12-19-37)38-20-13-9-14-21-38/h8-9,11-14,16,18-28,31-33,36,39,45,47,49,52-53H,4-7,10,15,17,29-30,34-35H2,1-3H3/b43-23+,48-33-. The van der Waals surface area contributed by atoms with Gasteiger partial charge in [0.2, 0.25) is 0 Å². The number of nitrogens with zero attached hydrogens (tertiary/aromatic N) is 2. The number of anilines is 1. The van der Waals surface area contributed by atoms with Crippen molar-refractivity contribution >= 4 is 52.8 Å². The van der Waals surface area contributed by atoms with E-state index in [1.807, 2.05) is 23.5 Å². The summed E-state index contributed by atoms with van der Waals surface area (Å²) < 4.78 is 3.71. The molecule has 0 amide bonds. The minimum Gasteiger partial charge on any atom is -0.377 e. The first kappa shape index (κ1) is 41.5. The maximum Gasteiger partial charge on any atom is 0.0730 e. The summed E-state index contributed by atoms with van der Waals surface area (Å²) in [6, 6.07) is 31.3. The predicted molar refractivity (Wildman–Crippen MR) is 254 cm³/mol. The Hall–Kier alpha value is -3.20. The second kappa shape index (κ2) is 19.5. The third-order valence-electron chi connectivity index (χ3n) is 12.3. The summed E-state index contributed by atoms with van der Waals surface area (Å²) >= 11 is 12.3. The van der Waals surface area contributed by atoms with Crippen molar-refractivity contribution in [1.82, 2.24) is 14.5 Å². The molecule has 2 N–H and O–H groups in total. The van der Waals surface area contributed by atoms with E-state index in [-0.39, 0.29) is 11.6 Å². The van der Waals surface area contributed by atoms with E-state index >= 15 is 0 Å². The van der Waals surface area contributed by atoms with Gasteiger partial charge in [-0.15, -0.1) is 0 Å². The van der Waals surface area contributed by atoms with Gasteiger partial charge in [-0.05, 0) is 122 Å². The van der Waals surface area contributed by atoms with Crippen LogP contribution in [0.5, 0.6) is 0 Å². The highest BCUT2D eigenvalue weighted by Crippen LogP contribution is 2.47. The van der Waals surface area contributed by atoms with Crippen molar-refractivity contribution in [2.45, 2.75) is 99.9 Å². The average molecular weight is 848 g/mol. The van der Waals surface area contributed by atoms with Crippen LogP contribution < -0.4 is 10.0 Å². The molecule has 3 aromatic rings. The first-order chi connectivity index (χ1) is 28.4. The molecule has 3 heterocycles. The molecule has 0 saturated carbocycles. The largest absolute Gasteiger partial charge is 0.377 e. The number of rotatable bonds is 11. The number of halogens is 1. The lowest BCUT2D eigenvalue weighted by molar-refractivity contribution is 0.0672. The molecule has 3 aromatic carbocycles. The Balaban J connectivity index is 0.905. The van der Waals surface area contributed by atoms with Gasteiger partial charge < -0.3 is 14.9 Å². The zero-order valence-electron chi connectivity index (χ0n) is 34.3. The first-order valence-electron chi connectivity index (χ1n) is 21.5. The second-order valence-corrected chi connectivity index (χ2v) is 20.5. The summed E-state index contributed by atoms with van der Waals surface area (Å²) in [5.74, 6) is 1.31. The van der Waals surface area contributed by atoms with Gasteiger partial charge in [0.15, 0.2) is 0 Å². The number of fused-ring (bicyclic) bond motifs is 2. The van der Waals surface area contributed by atoms with Gasteiger partial charge in [0.1, 0.15) is 0 Å². The SMILES string of the molecule is CCC1CCCCC/C=C(\C=C2/SC3C=CC(NSc4cccc(NC5(C)CN(C(c6ccccc6)c6ccccc6)C5)c4)=CC3N2CC)SC2=CC=C(Cl)CC2C1. The van der Waals surface area contributed by atoms with Gasteiger partial charge in [0, 0.05) is 45.9 Å². The van der Waals surface area contributed by atoms with Gasteiger partial charge in [-0.25, -0.2) is 0 Å². The molecule has 2 aliphatic carbocycles. The maximum atomic E-state index is 6.63. The van der Waals surface area contributed by atoms with Crippen LogP contribution in [0.15, 0.2) is 158 Å². The number of nitrogens with one attached hydrogen (secondary N) is 2. The molecule has 4 atom stereocenters. The minimum absolute atomic E-state index is 0.00315. The molecule has 304 valence electrons. The summed E-state index contributed by atoms with van der Waals surface area (Å²) in [5, 5.41) is 6.69. The molecule has 5 aliphatic rings. The Labute approximate surface area is 365 Å². The van der Waals surface area contributed by atoms with Crippen LogP contribution in [0.3, 0.4) is 0 Å². The van der Waals surface area contributed by atoms with E-state index in [1.54, 1.807) is 11.9 Å². The van der Waals surface area contributed by atoms with Crippen LogP contribution in [-0.2, 0) is 0 Å². The van der Waals surface area contributed by atoms with E-state index in [0.29, 0.717) is 17.2 Å². The van der Waals surface area contributed by atoms with E-state index in [4.69, 9.17) is 11.6 Å². The van der Waals surface area contributed by atoms with Crippen molar-refractivity contribution in [3.63, 3.8) is 0 Å². The summed E-state index contributed by atoms with van der Waals surface area (Å²) in [5.41, 5.74) is 5.01. The summed E-state index contributed by atoms with van der Waals surface area (Å²) in [4.78, 5) is 9.27. The second-order valence-electron chi connectivity index (χ2n) is 16.8. The number of hydrogen-bond donors (Lipinski definition) is 2. The number of likely N-dealkylation sites (tertiary alicyclic amines) is 1. The zero-order valence-corrected chi connectivity index (χ0v) is 37.5. The molecular weight excluding hydrogens is 788 g/mol. The van der Waals surface area contributed by atoms with Crippen LogP contribution in [0, 0.1) is 11.8 Å². The number of allylic oxidation sites excluding steroid dienone is 7. The monoisotopic (exact) mass is 846 g/mol. The van der Waals surface area contributed by atoms with Gasteiger partial charge in [-0.3, -0.25) is 4.90 Å². The Morgan fingerprint density at radius 3 is 2.47 bits per heavy atom. The topological polar surface area (TPSA) is 30.5 Å². The summed E-state index contributed by atoms with van der Waals surface area (Å²) in [6.45, 7) is 9.94. The Morgan fingerprint density at radius 1 is 0.948 bits per heavy atom. The number of hydrogen-bond acceptors (Lipinski definition) is 7. The van der Waals surface area contributed by atoms with Crippen molar-refractivity contribution < 1.29 is 0 Å². The van der Waals surface area contributed by atoms with Crippen LogP contribution in [0.2, 0.25) is 0 Å². The summed E-state index contributed by atoms with van der Waals surface area (Å²) in [7, 11) is 0. The highest BCUT2D eigenvalue weighted by atomic mass is 35.5. The third-order valence-corrected chi connectivity index (χ3v) is 15.9. The quantitative estimate of drug-likeness (QED) is 0.186. The smallest absolute Gasteiger partial charge is 0.0730 e. The van der Waals surface area contributed by atoms with Crippen molar-refractivity contribution in [1.29, 1.82) is 0 Å². The third kappa shape index (κ3) is 10.2. The van der Waals surface area contributed by atoms with Crippen LogP contribution in [0.4, 0.5) is 5.69 Å². The Morgan fingerprint density at radius 2 is 1.72 bits per heavy atom. The molecule has 0 aromatic heterocycles. The number of thioether (sulfide) groups is 2. The van der Waals surface area contributed by atoms with Crippen LogP contribution in [-0.4, -0.2) is 46.3 Å². The van der Waals surface area contributed by atoms with Gasteiger partial charge in [0.05, 0.1) is 27.9 Å². The van der Waals surface area contributed by atoms with Gasteiger partial charge in [0.25, 0.3) is 0 Å². The molecule has 0 spiro atoms. The normalized spacial score (nSPS) is 26.5. The maximum absolute atomic E-state index is 6.63. The van der Waals surface area contributed by atoms with E-state index in [9.17, 15) is 0 Å². The van der Waals surface area contributed by atoms with E-state index < -0.39 is 0 Å². The summed E-state index contributed by atoms with van der Waals surface area (Å²) in [6.07, 6.45) is 26.5. The first-order valence-corrected chi connectivity index (χ1v) is 24.4. The van der Waals surface area contributed by atoms with Gasteiger partial charge >= 0.3 is 0 Å². The van der Waals surface area contributed by atoms with Gasteiger partial charge in [-0.2, -0.15) is 0 Å². The van der Waals surface area contributed by atoms with E-state index in [2.05, 4.69) is 168 Å². The van der Waals surface area contributed by atoms with E-state index in [0.717, 1.165) is 49.1 Å². The Bertz CT molecular complexity index is 2010. The molecule has 4 unspecified atom stereocenters. The minimum atomic E-state index is -0.00315. The van der Waals surface area contributed by atoms with Crippen LogP contribution in [0.25, 0.3) is 0 Å². The Kier molecular flexibility index (Phi) is 13.9. The van der Waals surface area contributed by atoms with Gasteiger partial charge in [-0.1, -0.05) is 153 Å². The molecule has 3 aliphatic heterocycles. The lowest BCUT2D eigenvalue weighted by Crippen LogP contribution is -2.64. The average Bonchev–Trinajstić information content (AvgIpc) is 3.57. The molecule has 58 heavy (non-hydrogen) atoms. The molecule has 4 nitrogen and oxygen atoms in total. The number of benzene rings is 3. The van der Waals surface area contributed by atoms with Crippen molar-refractivity contribution in [3.05, 3.63) is 164 Å². The van der Waals surface area contributed by atoms with Crippen molar-refractivity contribution in [3.8, 4) is 0 Å². The molecule has 8 heteroatoms. The fourth-order valence-corrected chi connectivity index (χ4v) is 12.9. The molecule has 0 bridgehead atoms. The lowest BCUT2D eigenvalue weighted by atomic mass is 9.85. The van der Waals surface area contributed by atoms with Crippen LogP contribution in [0.1, 0.15) is 89.3 Å². The highest BCUT2D eigenvalue weighted by molar-refractivity contribution is 8.07. The molecule has 8 rings (SSSR count). The van der Waals surface area contributed by atoms with E-state index in [1.165, 1.54) is 75.1 Å². The lowest BCUT2D eigenvalue weighted by Gasteiger charge is -2.52. The predicted octanol–water partition coefficient (Wildman–Crippen LogP) is 13.7. The number of likely N-dealkylation sites (N-methyl/N-ethyl adjacent to an activating group) is 1. The zero-order chi connectivity index (χ0) is 39.9. The molecular formula is C50H59ClN4S3. The molecule has 0 radical (unpaired) electrons. The molecule has 2 fully saturated rings. The molecule has 2 saturated heterocycles.